The number of benzene rings is 1. The van der Waals surface area contributed by atoms with Crippen LogP contribution in [0, 0.1) is 0 Å². The molecule has 226 valence electrons. The van der Waals surface area contributed by atoms with Crippen molar-refractivity contribution < 1.29 is 53.8 Å². The second-order valence-electron chi connectivity index (χ2n) is 10.3. The normalized spacial score (nSPS) is 21.3. The topological polar surface area (TPSA) is 42.0 Å². The van der Waals surface area contributed by atoms with E-state index in [9.17, 15) is 44.3 Å². The van der Waals surface area contributed by atoms with Crippen LogP contribution in [0.25, 0.3) is 0 Å². The Labute approximate surface area is 229 Å². The van der Waals surface area contributed by atoms with E-state index in [1.165, 1.54) is 6.07 Å². The van der Waals surface area contributed by atoms with Gasteiger partial charge < -0.3 is 14.4 Å². The highest BCUT2D eigenvalue weighted by molar-refractivity contribution is 7.99. The third-order valence-corrected chi connectivity index (χ3v) is 8.77. The van der Waals surface area contributed by atoms with Crippen molar-refractivity contribution in [3.8, 4) is 5.75 Å². The van der Waals surface area contributed by atoms with Gasteiger partial charge in [-0.2, -0.15) is 51.3 Å². The number of nitrogens with zero attached hydrogens (tertiary/aromatic N) is 2. The molecule has 3 saturated heterocycles. The Bertz CT molecular complexity index is 1020. The van der Waals surface area contributed by atoms with Crippen molar-refractivity contribution in [2.45, 2.75) is 81.3 Å². The van der Waals surface area contributed by atoms with Crippen LogP contribution in [0.4, 0.5) is 44.3 Å². The minimum atomic E-state index is -5.80. The smallest absolute Gasteiger partial charge is 0.434 e. The first-order valence-corrected chi connectivity index (χ1v) is 14.0. The predicted molar refractivity (Wildman–Crippen MR) is 128 cm³/mol. The Morgan fingerprint density at radius 3 is 2.15 bits per heavy atom. The van der Waals surface area contributed by atoms with Crippen LogP contribution in [-0.2, 0) is 17.5 Å². The lowest BCUT2D eigenvalue weighted by atomic mass is 9.84. The Kier molecular flexibility index (Phi) is 9.03. The van der Waals surface area contributed by atoms with Crippen LogP contribution < -0.4 is 4.74 Å². The van der Waals surface area contributed by atoms with Gasteiger partial charge in [-0.1, -0.05) is 6.07 Å². The highest BCUT2D eigenvalue weighted by Gasteiger charge is 2.60. The van der Waals surface area contributed by atoms with E-state index >= 15 is 0 Å². The molecular weight excluding hydrogens is 579 g/mol. The fourth-order valence-electron chi connectivity index (χ4n) is 5.56. The lowest BCUT2D eigenvalue weighted by Crippen LogP contribution is -2.54. The molecule has 4 rings (SSSR count). The molecule has 5 nitrogen and oxygen atoms in total. The molecule has 15 heteroatoms. The summed E-state index contributed by atoms with van der Waals surface area (Å²) in [6, 6.07) is 3.40. The first kappa shape index (κ1) is 30.9. The Balaban J connectivity index is 1.45. The summed E-state index contributed by atoms with van der Waals surface area (Å²) in [5.74, 6) is 1.85. The average Bonchev–Trinajstić information content (AvgIpc) is 3.23. The summed E-state index contributed by atoms with van der Waals surface area (Å²) >= 11 is 1.75. The molecule has 3 aliphatic heterocycles. The van der Waals surface area contributed by atoms with E-state index in [-0.39, 0.29) is 44.3 Å². The second-order valence-corrected chi connectivity index (χ2v) is 11.6. The van der Waals surface area contributed by atoms with Crippen molar-refractivity contribution in [2.75, 3.05) is 31.1 Å². The molecule has 3 heterocycles. The monoisotopic (exact) mass is 608 g/mol. The minimum absolute atomic E-state index is 0.117. The van der Waals surface area contributed by atoms with Crippen LogP contribution in [0.5, 0.6) is 5.75 Å². The number of halogens is 9. The first-order chi connectivity index (χ1) is 18.6. The third-order valence-electron chi connectivity index (χ3n) is 7.72. The van der Waals surface area contributed by atoms with Crippen LogP contribution in [0.1, 0.15) is 49.7 Å². The van der Waals surface area contributed by atoms with Crippen LogP contribution >= 0.6 is 11.8 Å². The fourth-order valence-corrected chi connectivity index (χ4v) is 6.62. The molecular formula is C25H29F9N2O3S. The zero-order valence-electron chi connectivity index (χ0n) is 21.3. The molecule has 1 aromatic rings. The van der Waals surface area contributed by atoms with Crippen molar-refractivity contribution >= 4 is 17.9 Å². The zero-order chi connectivity index (χ0) is 29.3. The van der Waals surface area contributed by atoms with Gasteiger partial charge in [-0.15, -0.1) is 0 Å². The van der Waals surface area contributed by atoms with E-state index in [2.05, 4.69) is 9.64 Å². The molecule has 0 aromatic heterocycles. The number of piperidine rings is 1. The number of rotatable bonds is 5. The van der Waals surface area contributed by atoms with Crippen molar-refractivity contribution in [2.24, 2.45) is 0 Å². The number of thioether (sulfide) groups is 1. The van der Waals surface area contributed by atoms with Crippen molar-refractivity contribution in [3.05, 3.63) is 29.3 Å². The molecule has 3 fully saturated rings. The van der Waals surface area contributed by atoms with Crippen LogP contribution in [0.2, 0.25) is 0 Å². The SMILES string of the molecule is O=C(OC(C(F)(F)F)C(F)(F)F)N1CCC2(CCCN2Cc2ccc(C(F)(F)F)cc2OC2CCSCC2)CC1. The quantitative estimate of drug-likeness (QED) is 0.336. The summed E-state index contributed by atoms with van der Waals surface area (Å²) in [6.07, 6.45) is -18.9. The number of likely N-dealkylation sites (tertiary alicyclic amines) is 2. The average molecular weight is 609 g/mol. The molecule has 0 aliphatic carbocycles. The van der Waals surface area contributed by atoms with Crippen molar-refractivity contribution in [1.29, 1.82) is 0 Å². The van der Waals surface area contributed by atoms with Gasteiger partial charge in [0, 0.05) is 30.7 Å². The minimum Gasteiger partial charge on any atom is -0.490 e. The van der Waals surface area contributed by atoms with E-state index in [1.807, 2.05) is 0 Å². The van der Waals surface area contributed by atoms with Gasteiger partial charge in [0.1, 0.15) is 11.9 Å². The highest BCUT2D eigenvalue weighted by atomic mass is 32.2. The Morgan fingerprint density at radius 2 is 1.57 bits per heavy atom. The van der Waals surface area contributed by atoms with Crippen LogP contribution in [0.3, 0.4) is 0 Å². The molecule has 1 spiro atoms. The summed E-state index contributed by atoms with van der Waals surface area (Å²) in [6.45, 7) is 0.612. The molecule has 0 atom stereocenters. The molecule has 0 bridgehead atoms. The van der Waals surface area contributed by atoms with Gasteiger partial charge in [0.05, 0.1) is 5.56 Å². The predicted octanol–water partition coefficient (Wildman–Crippen LogP) is 7.04. The van der Waals surface area contributed by atoms with Crippen LogP contribution in [-0.4, -0.2) is 77.1 Å². The summed E-state index contributed by atoms with van der Waals surface area (Å²) in [5.41, 5.74) is -0.769. The molecule has 1 amide bonds. The summed E-state index contributed by atoms with van der Waals surface area (Å²) in [4.78, 5) is 15.1. The van der Waals surface area contributed by atoms with Gasteiger partial charge in [-0.05, 0) is 68.7 Å². The number of hydrogen-bond donors (Lipinski definition) is 0. The molecule has 1 aromatic carbocycles. The fraction of sp³-hybridized carbons (Fsp3) is 0.720. The number of ether oxygens (including phenoxy) is 2. The van der Waals surface area contributed by atoms with Crippen LogP contribution in [0.15, 0.2) is 18.2 Å². The van der Waals surface area contributed by atoms with Crippen molar-refractivity contribution in [1.82, 2.24) is 9.80 Å². The second kappa shape index (κ2) is 11.7. The zero-order valence-corrected chi connectivity index (χ0v) is 22.1. The van der Waals surface area contributed by atoms with E-state index < -0.39 is 41.8 Å². The summed E-state index contributed by atoms with van der Waals surface area (Å²) < 4.78 is 127. The summed E-state index contributed by atoms with van der Waals surface area (Å²) in [7, 11) is 0. The maximum Gasteiger partial charge on any atom is 0.434 e. The van der Waals surface area contributed by atoms with Gasteiger partial charge in [-0.25, -0.2) is 4.79 Å². The number of carbonyl (C=O) groups excluding carboxylic acids is 1. The van der Waals surface area contributed by atoms with Gasteiger partial charge in [0.2, 0.25) is 0 Å². The number of hydrogen-bond acceptors (Lipinski definition) is 5. The summed E-state index contributed by atoms with van der Waals surface area (Å²) in [5, 5.41) is 0. The van der Waals surface area contributed by atoms with E-state index in [1.54, 1.807) is 11.8 Å². The lowest BCUT2D eigenvalue weighted by Gasteiger charge is -2.45. The Hall–Kier alpha value is -2.03. The number of alkyl halides is 9. The first-order valence-electron chi connectivity index (χ1n) is 12.9. The molecule has 40 heavy (non-hydrogen) atoms. The number of carbonyl (C=O) groups is 1. The number of amides is 1. The molecule has 0 saturated carbocycles. The maximum absolute atomic E-state index is 13.4. The van der Waals surface area contributed by atoms with Gasteiger partial charge in [-0.3, -0.25) is 4.90 Å². The third kappa shape index (κ3) is 7.24. The van der Waals surface area contributed by atoms with E-state index in [0.29, 0.717) is 31.4 Å². The van der Waals surface area contributed by atoms with Gasteiger partial charge in [0.25, 0.3) is 6.10 Å². The molecule has 0 N–H and O–H groups in total. The Morgan fingerprint density at radius 1 is 0.950 bits per heavy atom. The molecule has 0 unspecified atom stereocenters. The van der Waals surface area contributed by atoms with E-state index in [0.717, 1.165) is 35.0 Å². The molecule has 3 aliphatic rings. The van der Waals surface area contributed by atoms with Gasteiger partial charge >= 0.3 is 24.6 Å². The van der Waals surface area contributed by atoms with Gasteiger partial charge in [0.15, 0.2) is 0 Å². The van der Waals surface area contributed by atoms with E-state index in [4.69, 9.17) is 4.74 Å². The standard InChI is InChI=1S/C25H29F9N2O3S/c26-23(27,28)17-3-2-16(19(14-17)38-18-4-12-40-13-5-18)15-36-9-1-6-22(36)7-10-35(11-8-22)21(37)39-20(24(29,30)31)25(32,33)34/h2-3,14,18,20H,1,4-13,15H2. The highest BCUT2D eigenvalue weighted by Crippen LogP contribution is 2.42. The van der Waals surface area contributed by atoms with Crippen molar-refractivity contribution in [3.63, 3.8) is 0 Å². The molecule has 0 radical (unpaired) electrons. The lowest BCUT2D eigenvalue weighted by molar-refractivity contribution is -0.308. The largest absolute Gasteiger partial charge is 0.490 e. The maximum atomic E-state index is 13.4.